The Morgan fingerprint density at radius 3 is 2.12 bits per heavy atom. The molecule has 1 N–H and O–H groups in total. The lowest BCUT2D eigenvalue weighted by molar-refractivity contribution is 0.208. The Hall–Kier alpha value is -1.98. The molecule has 0 atom stereocenters. The van der Waals surface area contributed by atoms with E-state index in [1.807, 2.05) is 19.4 Å². The van der Waals surface area contributed by atoms with Gasteiger partial charge in [-0.05, 0) is 32.0 Å². The average molecular weight is 325 g/mol. The molecular formula is C19H27N5. The van der Waals surface area contributed by atoms with E-state index in [0.29, 0.717) is 6.04 Å². The molecule has 0 saturated carbocycles. The number of nitrogens with zero attached hydrogens (tertiary/aromatic N) is 4. The Labute approximate surface area is 144 Å². The van der Waals surface area contributed by atoms with Crippen molar-refractivity contribution < 1.29 is 0 Å². The summed E-state index contributed by atoms with van der Waals surface area (Å²) in [4.78, 5) is 14.0. The van der Waals surface area contributed by atoms with E-state index in [1.54, 1.807) is 0 Å². The highest BCUT2D eigenvalue weighted by Crippen LogP contribution is 2.20. The molecule has 128 valence electrons. The third-order valence-corrected chi connectivity index (χ3v) is 4.63. The maximum atomic E-state index is 4.59. The Kier molecular flexibility index (Phi) is 5.43. The number of anilines is 1. The number of aromatic nitrogens is 2. The van der Waals surface area contributed by atoms with Crippen molar-refractivity contribution in [2.45, 2.75) is 26.4 Å². The van der Waals surface area contributed by atoms with E-state index in [-0.39, 0.29) is 0 Å². The smallest absolute Gasteiger partial charge is 0.225 e. The third-order valence-electron chi connectivity index (χ3n) is 4.63. The van der Waals surface area contributed by atoms with E-state index in [2.05, 4.69) is 63.2 Å². The summed E-state index contributed by atoms with van der Waals surface area (Å²) < 4.78 is 0. The van der Waals surface area contributed by atoms with Crippen LogP contribution < -0.4 is 10.2 Å². The molecule has 1 aromatic heterocycles. The summed E-state index contributed by atoms with van der Waals surface area (Å²) in [5.74, 6) is 0.842. The van der Waals surface area contributed by atoms with Gasteiger partial charge >= 0.3 is 0 Å². The number of rotatable bonds is 5. The van der Waals surface area contributed by atoms with Crippen LogP contribution in [0.2, 0.25) is 0 Å². The van der Waals surface area contributed by atoms with E-state index in [1.165, 1.54) is 5.56 Å². The molecule has 1 saturated heterocycles. The fourth-order valence-corrected chi connectivity index (χ4v) is 3.09. The lowest BCUT2D eigenvalue weighted by atomic mass is 10.1. The van der Waals surface area contributed by atoms with Crippen LogP contribution in [0.3, 0.4) is 0 Å². The van der Waals surface area contributed by atoms with E-state index in [4.69, 9.17) is 0 Å². The van der Waals surface area contributed by atoms with Crippen LogP contribution in [0, 0.1) is 0 Å². The summed E-state index contributed by atoms with van der Waals surface area (Å²) in [6.07, 6.45) is 3.87. The first kappa shape index (κ1) is 16.9. The maximum Gasteiger partial charge on any atom is 0.225 e. The van der Waals surface area contributed by atoms with Crippen molar-refractivity contribution in [3.8, 4) is 11.1 Å². The molecule has 0 bridgehead atoms. The number of hydrogen-bond donors (Lipinski definition) is 1. The van der Waals surface area contributed by atoms with Gasteiger partial charge in [-0.1, -0.05) is 24.3 Å². The van der Waals surface area contributed by atoms with Crippen LogP contribution in [0.4, 0.5) is 5.95 Å². The van der Waals surface area contributed by atoms with Crippen molar-refractivity contribution in [1.29, 1.82) is 0 Å². The first-order valence-corrected chi connectivity index (χ1v) is 8.72. The zero-order valence-electron chi connectivity index (χ0n) is 14.9. The van der Waals surface area contributed by atoms with E-state index in [9.17, 15) is 0 Å². The van der Waals surface area contributed by atoms with Gasteiger partial charge in [0.2, 0.25) is 5.95 Å². The molecule has 1 aromatic carbocycles. The van der Waals surface area contributed by atoms with Crippen molar-refractivity contribution in [2.75, 3.05) is 38.1 Å². The van der Waals surface area contributed by atoms with Gasteiger partial charge in [0.15, 0.2) is 0 Å². The molecule has 0 aliphatic carbocycles. The van der Waals surface area contributed by atoms with Gasteiger partial charge < -0.3 is 10.2 Å². The second kappa shape index (κ2) is 7.73. The van der Waals surface area contributed by atoms with Crippen LogP contribution in [0.5, 0.6) is 0 Å². The van der Waals surface area contributed by atoms with Crippen molar-refractivity contribution in [3.63, 3.8) is 0 Å². The maximum absolute atomic E-state index is 4.59. The molecular weight excluding hydrogens is 298 g/mol. The third kappa shape index (κ3) is 3.91. The largest absolute Gasteiger partial charge is 0.338 e. The quantitative estimate of drug-likeness (QED) is 0.914. The van der Waals surface area contributed by atoms with Crippen molar-refractivity contribution in [1.82, 2.24) is 20.2 Å². The summed E-state index contributed by atoms with van der Waals surface area (Å²) in [7, 11) is 1.96. The molecule has 5 heteroatoms. The molecule has 24 heavy (non-hydrogen) atoms. The number of nitrogens with one attached hydrogen (secondary N) is 1. The van der Waals surface area contributed by atoms with E-state index < -0.39 is 0 Å². The molecule has 1 aliphatic rings. The molecule has 2 aromatic rings. The molecule has 3 rings (SSSR count). The molecule has 0 spiro atoms. The average Bonchev–Trinajstić information content (AvgIpc) is 2.63. The normalized spacial score (nSPS) is 15.9. The first-order chi connectivity index (χ1) is 11.7. The fraction of sp³-hybridized carbons (Fsp3) is 0.474. The standard InChI is InChI=1S/C19H27N5/c1-15(2)23-8-10-24(11-9-23)19-21-13-18(14-22-19)17-6-4-16(5-7-17)12-20-3/h4-7,13-15,20H,8-12H2,1-3H3. The van der Waals surface area contributed by atoms with Gasteiger partial charge in [0.25, 0.3) is 0 Å². The zero-order valence-corrected chi connectivity index (χ0v) is 14.9. The Balaban J connectivity index is 1.65. The molecule has 0 unspecified atom stereocenters. The lowest BCUT2D eigenvalue weighted by Gasteiger charge is -2.36. The van der Waals surface area contributed by atoms with Gasteiger partial charge in [0, 0.05) is 56.7 Å². The Morgan fingerprint density at radius 1 is 0.958 bits per heavy atom. The molecule has 0 amide bonds. The predicted octanol–water partition coefficient (Wildman–Crippen LogP) is 2.39. The SMILES string of the molecule is CNCc1ccc(-c2cnc(N3CCN(C(C)C)CC3)nc2)cc1. The zero-order chi connectivity index (χ0) is 16.9. The fourth-order valence-electron chi connectivity index (χ4n) is 3.09. The molecule has 2 heterocycles. The summed E-state index contributed by atoms with van der Waals surface area (Å²) in [5.41, 5.74) is 3.50. The second-order valence-corrected chi connectivity index (χ2v) is 6.62. The predicted molar refractivity (Wildman–Crippen MR) is 99.2 cm³/mol. The van der Waals surface area contributed by atoms with Crippen molar-refractivity contribution in [2.24, 2.45) is 0 Å². The van der Waals surface area contributed by atoms with Gasteiger partial charge in [-0.25, -0.2) is 9.97 Å². The van der Waals surface area contributed by atoms with Crippen LogP contribution in [-0.2, 0) is 6.54 Å². The molecule has 5 nitrogen and oxygen atoms in total. The van der Waals surface area contributed by atoms with E-state index in [0.717, 1.165) is 49.8 Å². The summed E-state index contributed by atoms with van der Waals surface area (Å²) in [5, 5.41) is 3.16. The minimum Gasteiger partial charge on any atom is -0.338 e. The molecule has 0 radical (unpaired) electrons. The highest BCUT2D eigenvalue weighted by molar-refractivity contribution is 5.62. The number of piperazine rings is 1. The van der Waals surface area contributed by atoms with Gasteiger partial charge in [0.1, 0.15) is 0 Å². The van der Waals surface area contributed by atoms with Crippen LogP contribution in [0.25, 0.3) is 11.1 Å². The van der Waals surface area contributed by atoms with Crippen LogP contribution in [0.1, 0.15) is 19.4 Å². The monoisotopic (exact) mass is 325 g/mol. The Bertz CT molecular complexity index is 628. The van der Waals surface area contributed by atoms with Crippen LogP contribution in [-0.4, -0.2) is 54.1 Å². The number of hydrogen-bond acceptors (Lipinski definition) is 5. The molecule has 1 aliphatic heterocycles. The number of benzene rings is 1. The highest BCUT2D eigenvalue weighted by Gasteiger charge is 2.20. The summed E-state index contributed by atoms with van der Waals surface area (Å²) in [6.45, 7) is 9.54. The summed E-state index contributed by atoms with van der Waals surface area (Å²) in [6, 6.07) is 9.16. The van der Waals surface area contributed by atoms with Gasteiger partial charge in [-0.15, -0.1) is 0 Å². The lowest BCUT2D eigenvalue weighted by Crippen LogP contribution is -2.49. The van der Waals surface area contributed by atoms with Crippen LogP contribution >= 0.6 is 0 Å². The molecule has 1 fully saturated rings. The topological polar surface area (TPSA) is 44.3 Å². The van der Waals surface area contributed by atoms with Crippen LogP contribution in [0.15, 0.2) is 36.7 Å². The summed E-state index contributed by atoms with van der Waals surface area (Å²) >= 11 is 0. The van der Waals surface area contributed by atoms with E-state index >= 15 is 0 Å². The highest BCUT2D eigenvalue weighted by atomic mass is 15.3. The van der Waals surface area contributed by atoms with Gasteiger partial charge in [-0.3, -0.25) is 4.90 Å². The van der Waals surface area contributed by atoms with Crippen molar-refractivity contribution >= 4 is 5.95 Å². The first-order valence-electron chi connectivity index (χ1n) is 8.72. The second-order valence-electron chi connectivity index (χ2n) is 6.62. The Morgan fingerprint density at radius 2 is 1.58 bits per heavy atom. The van der Waals surface area contributed by atoms with Crippen molar-refractivity contribution in [3.05, 3.63) is 42.2 Å². The minimum absolute atomic E-state index is 0.612. The van der Waals surface area contributed by atoms with Gasteiger partial charge in [-0.2, -0.15) is 0 Å². The van der Waals surface area contributed by atoms with Gasteiger partial charge in [0.05, 0.1) is 0 Å². The minimum atomic E-state index is 0.612.